The molecule has 1 aromatic rings. The average Bonchev–Trinajstić information content (AvgIpc) is 2.48. The number of para-hydroxylation sites is 1. The number of fused-ring (bicyclic) bond motifs is 2. The Morgan fingerprint density at radius 3 is 2.40 bits per heavy atom. The third kappa shape index (κ3) is 3.65. The Labute approximate surface area is 136 Å². The summed E-state index contributed by atoms with van der Waals surface area (Å²) in [4.78, 5) is 42.1. The van der Waals surface area contributed by atoms with Gasteiger partial charge in [-0.1, -0.05) is 12.1 Å². The van der Waals surface area contributed by atoms with Crippen LogP contribution in [0.1, 0.15) is 5.56 Å². The molecule has 0 amide bonds. The Hall–Kier alpha value is -3.24. The van der Waals surface area contributed by atoms with Crippen LogP contribution in [0.4, 0.5) is 13.2 Å². The Morgan fingerprint density at radius 2 is 1.84 bits per heavy atom. The van der Waals surface area contributed by atoms with Crippen LogP contribution >= 0.6 is 0 Å². The van der Waals surface area contributed by atoms with Crippen molar-refractivity contribution in [2.45, 2.75) is 13.1 Å². The molecule has 0 spiro atoms. The van der Waals surface area contributed by atoms with E-state index in [1.165, 1.54) is 0 Å². The van der Waals surface area contributed by atoms with Crippen molar-refractivity contribution in [3.05, 3.63) is 44.6 Å². The van der Waals surface area contributed by atoms with Gasteiger partial charge >= 0.3 is 17.8 Å². The third-order valence-electron chi connectivity index (χ3n) is 3.20. The maximum absolute atomic E-state index is 11.7. The molecule has 0 fully saturated rings. The third-order valence-corrected chi connectivity index (χ3v) is 3.20. The molecule has 0 unspecified atom stereocenters. The van der Waals surface area contributed by atoms with Gasteiger partial charge in [0.05, 0.1) is 11.0 Å². The zero-order chi connectivity index (χ0) is 18.9. The van der Waals surface area contributed by atoms with Crippen LogP contribution in [0.25, 0.3) is 22.6 Å². The summed E-state index contributed by atoms with van der Waals surface area (Å²) in [5, 5.41) is 7.12. The molecule has 0 radical (unpaired) electrons. The summed E-state index contributed by atoms with van der Waals surface area (Å²) in [6, 6.07) is 5.65. The number of aryl methyl sites for hydroxylation is 2. The van der Waals surface area contributed by atoms with Gasteiger partial charge in [-0.15, -0.1) is 0 Å². The van der Waals surface area contributed by atoms with E-state index in [4.69, 9.17) is 9.90 Å². The minimum Gasteiger partial charge on any atom is -0.475 e. The summed E-state index contributed by atoms with van der Waals surface area (Å²) in [6.07, 6.45) is -5.08. The van der Waals surface area contributed by atoms with Crippen molar-refractivity contribution in [2.24, 2.45) is 7.05 Å². The minimum absolute atomic E-state index is 0.176. The fraction of sp³-hybridized carbons (Fsp3) is 0.214. The summed E-state index contributed by atoms with van der Waals surface area (Å²) < 4.78 is 33.5. The lowest BCUT2D eigenvalue weighted by atomic mass is 10.2. The molecule has 132 valence electrons. The van der Waals surface area contributed by atoms with Crippen LogP contribution in [-0.4, -0.2) is 36.8 Å². The van der Waals surface area contributed by atoms with E-state index in [0.717, 1.165) is 11.1 Å². The van der Waals surface area contributed by atoms with Gasteiger partial charge in [0.25, 0.3) is 5.56 Å². The second-order valence-corrected chi connectivity index (χ2v) is 4.96. The predicted octanol–water partition coefficient (Wildman–Crippen LogP) is 1.06. The van der Waals surface area contributed by atoms with Crippen molar-refractivity contribution < 1.29 is 23.1 Å². The number of hydrogen-bond acceptors (Lipinski definition) is 5. The summed E-state index contributed by atoms with van der Waals surface area (Å²) in [5.74, 6) is -2.46. The van der Waals surface area contributed by atoms with Gasteiger partial charge in [-0.05, 0) is 18.6 Å². The summed E-state index contributed by atoms with van der Waals surface area (Å²) in [5.41, 5.74) is 1.59. The molecule has 1 aromatic carbocycles. The molecule has 2 aliphatic rings. The molecule has 0 aliphatic carbocycles. The van der Waals surface area contributed by atoms with E-state index in [9.17, 15) is 22.8 Å². The minimum atomic E-state index is -5.08. The summed E-state index contributed by atoms with van der Waals surface area (Å²) >= 11 is 0. The average molecular weight is 356 g/mol. The van der Waals surface area contributed by atoms with Crippen LogP contribution in [0.5, 0.6) is 0 Å². The van der Waals surface area contributed by atoms with Gasteiger partial charge in [0.15, 0.2) is 11.5 Å². The van der Waals surface area contributed by atoms with Gasteiger partial charge in [-0.25, -0.2) is 14.6 Å². The highest BCUT2D eigenvalue weighted by molar-refractivity contribution is 5.82. The van der Waals surface area contributed by atoms with Crippen LogP contribution in [0.2, 0.25) is 0 Å². The molecule has 2 heterocycles. The van der Waals surface area contributed by atoms with E-state index in [1.807, 2.05) is 25.1 Å². The largest absolute Gasteiger partial charge is 0.490 e. The van der Waals surface area contributed by atoms with Crippen LogP contribution in [0.3, 0.4) is 0 Å². The van der Waals surface area contributed by atoms with Crippen molar-refractivity contribution in [1.29, 1.82) is 0 Å². The number of carboxylic acid groups (broad SMARTS) is 1. The van der Waals surface area contributed by atoms with E-state index in [2.05, 4.69) is 15.0 Å². The van der Waals surface area contributed by atoms with E-state index < -0.39 is 23.4 Å². The number of alkyl halides is 3. The smallest absolute Gasteiger partial charge is 0.475 e. The van der Waals surface area contributed by atoms with Gasteiger partial charge in [0.2, 0.25) is 0 Å². The predicted molar refractivity (Wildman–Crippen MR) is 80.4 cm³/mol. The number of benzene rings is 1. The Balaban J connectivity index is 0.000000277. The highest BCUT2D eigenvalue weighted by Crippen LogP contribution is 2.21. The van der Waals surface area contributed by atoms with Gasteiger partial charge < -0.3 is 9.67 Å². The van der Waals surface area contributed by atoms with Crippen molar-refractivity contribution in [1.82, 2.24) is 19.5 Å². The van der Waals surface area contributed by atoms with Crippen LogP contribution < -0.4 is 11.2 Å². The first-order valence-electron chi connectivity index (χ1n) is 6.69. The number of nitrogens with one attached hydrogen (secondary N) is 1. The Kier molecular flexibility index (Phi) is 4.59. The fourth-order valence-corrected chi connectivity index (χ4v) is 2.17. The summed E-state index contributed by atoms with van der Waals surface area (Å²) in [7, 11) is 1.77. The molecule has 0 bridgehead atoms. The second-order valence-electron chi connectivity index (χ2n) is 4.96. The molecule has 0 saturated carbocycles. The monoisotopic (exact) mass is 356 g/mol. The SMILES string of the molecule is Cc1cccc2nc3c(=O)[nH]c(=O)nc-3n(C)c12.O=C(O)C(F)(F)F. The molecule has 11 heteroatoms. The van der Waals surface area contributed by atoms with Crippen LogP contribution in [0, 0.1) is 6.92 Å². The molecule has 25 heavy (non-hydrogen) atoms. The topological polar surface area (TPSA) is 118 Å². The summed E-state index contributed by atoms with van der Waals surface area (Å²) in [6.45, 7) is 1.95. The van der Waals surface area contributed by atoms with Gasteiger partial charge in [-0.3, -0.25) is 9.78 Å². The molecule has 0 atom stereocenters. The van der Waals surface area contributed by atoms with Crippen LogP contribution in [-0.2, 0) is 11.8 Å². The fourth-order valence-electron chi connectivity index (χ4n) is 2.17. The Morgan fingerprint density at radius 1 is 1.24 bits per heavy atom. The van der Waals surface area contributed by atoms with E-state index in [-0.39, 0.29) is 5.69 Å². The number of carbonyl (C=O) groups is 1. The number of halogens is 3. The highest BCUT2D eigenvalue weighted by atomic mass is 19.4. The zero-order valence-corrected chi connectivity index (χ0v) is 12.9. The van der Waals surface area contributed by atoms with E-state index >= 15 is 0 Å². The maximum atomic E-state index is 11.7. The van der Waals surface area contributed by atoms with E-state index in [1.54, 1.807) is 11.6 Å². The number of aromatic amines is 1. The molecule has 8 nitrogen and oxygen atoms in total. The normalized spacial score (nSPS) is 11.2. The van der Waals surface area contributed by atoms with Crippen LogP contribution in [0.15, 0.2) is 27.8 Å². The van der Waals surface area contributed by atoms with Crippen molar-refractivity contribution in [2.75, 3.05) is 0 Å². The van der Waals surface area contributed by atoms with Gasteiger partial charge in [0, 0.05) is 7.05 Å². The number of aliphatic carboxylic acids is 1. The molecule has 0 aromatic heterocycles. The molecular formula is C14H11F3N4O4. The molecule has 2 aliphatic heterocycles. The zero-order valence-electron chi connectivity index (χ0n) is 12.9. The number of hydrogen-bond donors (Lipinski definition) is 2. The quantitative estimate of drug-likeness (QED) is 0.582. The second kappa shape index (κ2) is 6.34. The standard InChI is InChI=1S/C12H10N4O2.C2HF3O2/c1-6-4-3-5-7-9(6)16(2)10-8(13-7)11(17)15-12(18)14-10;3-2(4,5)1(6)7/h3-5H,1-2H3,(H,15,17,18);(H,6,7). The molecule has 2 N–H and O–H groups in total. The molecular weight excluding hydrogens is 345 g/mol. The van der Waals surface area contributed by atoms with Crippen molar-refractivity contribution >= 4 is 17.0 Å². The van der Waals surface area contributed by atoms with E-state index in [0.29, 0.717) is 11.3 Å². The maximum Gasteiger partial charge on any atom is 0.490 e. The lowest BCUT2D eigenvalue weighted by molar-refractivity contribution is -0.192. The lowest BCUT2D eigenvalue weighted by Crippen LogP contribution is -2.28. The first kappa shape index (κ1) is 18.1. The molecule has 3 rings (SSSR count). The molecule has 0 saturated heterocycles. The van der Waals surface area contributed by atoms with Gasteiger partial charge in [-0.2, -0.15) is 18.2 Å². The van der Waals surface area contributed by atoms with Crippen molar-refractivity contribution in [3.8, 4) is 11.5 Å². The number of carboxylic acids is 1. The van der Waals surface area contributed by atoms with Crippen molar-refractivity contribution in [3.63, 3.8) is 0 Å². The lowest BCUT2D eigenvalue weighted by Gasteiger charge is -2.13. The number of H-pyrrole nitrogens is 1. The number of rotatable bonds is 0. The Bertz CT molecular complexity index is 1040. The highest BCUT2D eigenvalue weighted by Gasteiger charge is 2.38. The number of nitrogens with zero attached hydrogens (tertiary/aromatic N) is 3. The number of aromatic nitrogens is 4. The first-order valence-corrected chi connectivity index (χ1v) is 6.69. The first-order chi connectivity index (χ1) is 11.5. The van der Waals surface area contributed by atoms with Gasteiger partial charge in [0.1, 0.15) is 0 Å².